The number of benzene rings is 1. The molecule has 7 nitrogen and oxygen atoms in total. The van der Waals surface area contributed by atoms with Gasteiger partial charge >= 0.3 is 0 Å². The van der Waals surface area contributed by atoms with Gasteiger partial charge in [0, 0.05) is 30.1 Å². The number of hydrogen-bond acceptors (Lipinski definition) is 5. The van der Waals surface area contributed by atoms with Gasteiger partial charge in [-0.25, -0.2) is 4.98 Å². The number of rotatable bonds is 3. The standard InChI is InChI=1S/C22H19N5O2/c28-22(27-9-10-29-20(13-27)18-3-1-2-8-24-18)16-6-4-15(5-7-16)17-11-23-12-19-21(17)26-14-25-19/h1-8,11-12,14,20H,9-10,13H2,(H,25,26). The SMILES string of the molecule is O=C(c1ccc(-c2cncc3[nH]cnc23)cc1)N1CCOC(c2ccccn2)C1. The van der Waals surface area contributed by atoms with E-state index in [1.807, 2.05) is 47.4 Å². The summed E-state index contributed by atoms with van der Waals surface area (Å²) in [6.45, 7) is 1.56. The number of imidazole rings is 1. The van der Waals surface area contributed by atoms with E-state index in [-0.39, 0.29) is 12.0 Å². The molecule has 0 spiro atoms. The van der Waals surface area contributed by atoms with Crippen LogP contribution in [0.15, 0.2) is 67.4 Å². The Balaban J connectivity index is 1.36. The van der Waals surface area contributed by atoms with E-state index in [1.54, 1.807) is 24.9 Å². The highest BCUT2D eigenvalue weighted by molar-refractivity contribution is 5.96. The largest absolute Gasteiger partial charge is 0.368 e. The van der Waals surface area contributed by atoms with Crippen molar-refractivity contribution in [1.29, 1.82) is 0 Å². The van der Waals surface area contributed by atoms with Gasteiger partial charge in [-0.3, -0.25) is 14.8 Å². The Hall–Kier alpha value is -3.58. The molecule has 3 aromatic heterocycles. The summed E-state index contributed by atoms with van der Waals surface area (Å²) in [5.41, 5.74) is 5.16. The predicted molar refractivity (Wildman–Crippen MR) is 108 cm³/mol. The van der Waals surface area contributed by atoms with E-state index in [4.69, 9.17) is 4.74 Å². The molecule has 1 saturated heterocycles. The molecule has 5 rings (SSSR count). The Kier molecular flexibility index (Phi) is 4.50. The molecule has 4 aromatic rings. The monoisotopic (exact) mass is 385 g/mol. The van der Waals surface area contributed by atoms with E-state index >= 15 is 0 Å². The molecule has 0 radical (unpaired) electrons. The van der Waals surface area contributed by atoms with Gasteiger partial charge in [-0.05, 0) is 29.8 Å². The third-order valence-corrected chi connectivity index (χ3v) is 5.15. The van der Waals surface area contributed by atoms with E-state index in [0.717, 1.165) is 27.9 Å². The lowest BCUT2D eigenvalue weighted by molar-refractivity contribution is -0.0247. The number of nitrogens with one attached hydrogen (secondary N) is 1. The predicted octanol–water partition coefficient (Wildman–Crippen LogP) is 3.23. The van der Waals surface area contributed by atoms with Gasteiger partial charge in [0.05, 0.1) is 42.4 Å². The number of amides is 1. The van der Waals surface area contributed by atoms with Crippen LogP contribution in [0.2, 0.25) is 0 Å². The number of morpholine rings is 1. The minimum atomic E-state index is -0.198. The first-order chi connectivity index (χ1) is 14.3. The van der Waals surface area contributed by atoms with Gasteiger partial charge in [-0.2, -0.15) is 0 Å². The quantitative estimate of drug-likeness (QED) is 0.585. The Morgan fingerprint density at radius 3 is 2.83 bits per heavy atom. The molecule has 0 bridgehead atoms. The van der Waals surface area contributed by atoms with Crippen molar-refractivity contribution < 1.29 is 9.53 Å². The number of fused-ring (bicyclic) bond motifs is 1. The molecule has 1 unspecified atom stereocenters. The highest BCUT2D eigenvalue weighted by Crippen LogP contribution is 2.26. The third kappa shape index (κ3) is 3.36. The van der Waals surface area contributed by atoms with Crippen LogP contribution in [0.5, 0.6) is 0 Å². The number of aromatic amines is 1. The first-order valence-electron chi connectivity index (χ1n) is 9.49. The summed E-state index contributed by atoms with van der Waals surface area (Å²) in [5.74, 6) is -0.00289. The summed E-state index contributed by atoms with van der Waals surface area (Å²) in [5, 5.41) is 0. The molecule has 1 amide bonds. The molecule has 1 aromatic carbocycles. The molecular formula is C22H19N5O2. The molecule has 0 saturated carbocycles. The number of pyridine rings is 2. The van der Waals surface area contributed by atoms with Crippen LogP contribution in [0.3, 0.4) is 0 Å². The summed E-state index contributed by atoms with van der Waals surface area (Å²) >= 11 is 0. The third-order valence-electron chi connectivity index (χ3n) is 5.15. The maximum absolute atomic E-state index is 13.0. The lowest BCUT2D eigenvalue weighted by Crippen LogP contribution is -2.42. The zero-order valence-corrected chi connectivity index (χ0v) is 15.7. The first kappa shape index (κ1) is 17.5. The number of H-pyrrole nitrogens is 1. The van der Waals surface area contributed by atoms with Gasteiger partial charge in [-0.1, -0.05) is 18.2 Å². The normalized spacial score (nSPS) is 16.8. The molecule has 1 aliphatic rings. The second-order valence-electron chi connectivity index (χ2n) is 6.93. The number of hydrogen-bond donors (Lipinski definition) is 1. The van der Waals surface area contributed by atoms with Crippen molar-refractivity contribution in [3.8, 4) is 11.1 Å². The van der Waals surface area contributed by atoms with Crippen LogP contribution < -0.4 is 0 Å². The fraction of sp³-hybridized carbons (Fsp3) is 0.182. The topological polar surface area (TPSA) is 84.0 Å². The van der Waals surface area contributed by atoms with Gasteiger partial charge in [0.2, 0.25) is 0 Å². The van der Waals surface area contributed by atoms with Crippen LogP contribution in [-0.4, -0.2) is 50.4 Å². The Morgan fingerprint density at radius 2 is 2.00 bits per heavy atom. The fourth-order valence-corrected chi connectivity index (χ4v) is 3.63. The lowest BCUT2D eigenvalue weighted by Gasteiger charge is -2.32. The molecule has 0 aliphatic carbocycles. The van der Waals surface area contributed by atoms with Crippen LogP contribution in [0, 0.1) is 0 Å². The second kappa shape index (κ2) is 7.44. The smallest absolute Gasteiger partial charge is 0.254 e. The van der Waals surface area contributed by atoms with Crippen molar-refractivity contribution in [3.05, 3.63) is 78.6 Å². The summed E-state index contributed by atoms with van der Waals surface area (Å²) < 4.78 is 5.82. The number of nitrogens with zero attached hydrogens (tertiary/aromatic N) is 4. The van der Waals surface area contributed by atoms with Crippen molar-refractivity contribution in [2.45, 2.75) is 6.10 Å². The Morgan fingerprint density at radius 1 is 1.10 bits per heavy atom. The van der Waals surface area contributed by atoms with Gasteiger partial charge in [-0.15, -0.1) is 0 Å². The van der Waals surface area contributed by atoms with Crippen molar-refractivity contribution >= 4 is 16.9 Å². The number of carbonyl (C=O) groups is 1. The van der Waals surface area contributed by atoms with E-state index in [1.165, 1.54) is 0 Å². The van der Waals surface area contributed by atoms with Crippen LogP contribution >= 0.6 is 0 Å². The highest BCUT2D eigenvalue weighted by atomic mass is 16.5. The summed E-state index contributed by atoms with van der Waals surface area (Å²) in [6, 6.07) is 13.3. The zero-order chi connectivity index (χ0) is 19.6. The van der Waals surface area contributed by atoms with Crippen LogP contribution in [-0.2, 0) is 4.74 Å². The molecular weight excluding hydrogens is 366 g/mol. The highest BCUT2D eigenvalue weighted by Gasteiger charge is 2.26. The minimum absolute atomic E-state index is 0.00289. The average molecular weight is 385 g/mol. The summed E-state index contributed by atoms with van der Waals surface area (Å²) in [4.78, 5) is 30.9. The maximum atomic E-state index is 13.0. The van der Waals surface area contributed by atoms with E-state index in [2.05, 4.69) is 19.9 Å². The van der Waals surface area contributed by atoms with Gasteiger partial charge in [0.25, 0.3) is 5.91 Å². The van der Waals surface area contributed by atoms with Gasteiger partial charge in [0.1, 0.15) is 6.10 Å². The summed E-state index contributed by atoms with van der Waals surface area (Å²) in [6.07, 6.45) is 6.74. The minimum Gasteiger partial charge on any atom is -0.368 e. The number of carbonyl (C=O) groups excluding carboxylic acids is 1. The molecule has 144 valence electrons. The van der Waals surface area contributed by atoms with Crippen LogP contribution in [0.1, 0.15) is 22.2 Å². The van der Waals surface area contributed by atoms with E-state index in [0.29, 0.717) is 25.3 Å². The fourth-order valence-electron chi connectivity index (χ4n) is 3.63. The molecule has 1 N–H and O–H groups in total. The van der Waals surface area contributed by atoms with Gasteiger partial charge in [0.15, 0.2) is 0 Å². The zero-order valence-electron chi connectivity index (χ0n) is 15.7. The van der Waals surface area contributed by atoms with E-state index < -0.39 is 0 Å². The molecule has 1 fully saturated rings. The van der Waals surface area contributed by atoms with Crippen LogP contribution in [0.25, 0.3) is 22.2 Å². The Labute approximate surface area is 167 Å². The molecule has 7 heteroatoms. The number of ether oxygens (including phenoxy) is 1. The second-order valence-corrected chi connectivity index (χ2v) is 6.93. The first-order valence-corrected chi connectivity index (χ1v) is 9.49. The molecule has 1 aliphatic heterocycles. The van der Waals surface area contributed by atoms with E-state index in [9.17, 15) is 4.79 Å². The Bertz CT molecular complexity index is 1140. The maximum Gasteiger partial charge on any atom is 0.254 e. The van der Waals surface area contributed by atoms with Gasteiger partial charge < -0.3 is 14.6 Å². The van der Waals surface area contributed by atoms with Crippen molar-refractivity contribution in [2.24, 2.45) is 0 Å². The van der Waals surface area contributed by atoms with Crippen molar-refractivity contribution in [3.63, 3.8) is 0 Å². The summed E-state index contributed by atoms with van der Waals surface area (Å²) in [7, 11) is 0. The lowest BCUT2D eigenvalue weighted by atomic mass is 10.0. The van der Waals surface area contributed by atoms with Crippen molar-refractivity contribution in [1.82, 2.24) is 24.8 Å². The molecule has 29 heavy (non-hydrogen) atoms. The number of aromatic nitrogens is 4. The van der Waals surface area contributed by atoms with Crippen LogP contribution in [0.4, 0.5) is 0 Å². The molecule has 1 atom stereocenters. The van der Waals surface area contributed by atoms with Crippen molar-refractivity contribution in [2.75, 3.05) is 19.7 Å². The molecule has 4 heterocycles. The average Bonchev–Trinajstić information content (AvgIpc) is 3.28.